The van der Waals surface area contributed by atoms with Crippen molar-refractivity contribution in [3.8, 4) is 0 Å². The molecule has 0 aliphatic rings. The van der Waals surface area contributed by atoms with E-state index in [9.17, 15) is 13.6 Å². The third-order valence-corrected chi connectivity index (χ3v) is 2.64. The number of amides is 1. The number of benzene rings is 1. The van der Waals surface area contributed by atoms with Gasteiger partial charge in [-0.25, -0.2) is 0 Å². The summed E-state index contributed by atoms with van der Waals surface area (Å²) in [5, 5.41) is 2.71. The van der Waals surface area contributed by atoms with Crippen LogP contribution < -0.4 is 5.32 Å². The molecule has 16 heavy (non-hydrogen) atoms. The first kappa shape index (κ1) is 12.9. The lowest BCUT2D eigenvalue weighted by molar-refractivity contribution is -0.123. The third kappa shape index (κ3) is 3.43. The molecule has 1 rings (SSSR count). The smallest absolute Gasteiger partial charge is 0.229 e. The van der Waals surface area contributed by atoms with Crippen molar-refractivity contribution < 1.29 is 13.6 Å². The minimum absolute atomic E-state index is 0.108. The van der Waals surface area contributed by atoms with Crippen LogP contribution in [0.25, 0.3) is 0 Å². The molecule has 1 unspecified atom stereocenters. The Morgan fingerprint density at radius 1 is 1.25 bits per heavy atom. The summed E-state index contributed by atoms with van der Waals surface area (Å²) >= 11 is -2.23. The summed E-state index contributed by atoms with van der Waals surface area (Å²) in [4.78, 5) is 11.8. The van der Waals surface area contributed by atoms with Crippen LogP contribution in [0.2, 0.25) is 0 Å². The first-order valence-corrected chi connectivity index (χ1v) is 5.89. The van der Waals surface area contributed by atoms with Gasteiger partial charge in [0.25, 0.3) is 0 Å². The van der Waals surface area contributed by atoms with Crippen LogP contribution >= 0.6 is 0 Å². The fraction of sp³-hybridized carbons (Fsp3) is 0.364. The molecule has 1 amide bonds. The van der Waals surface area contributed by atoms with Gasteiger partial charge in [-0.2, -0.15) is 0 Å². The van der Waals surface area contributed by atoms with E-state index in [0.29, 0.717) is 5.69 Å². The Balaban J connectivity index is 2.77. The van der Waals surface area contributed by atoms with Crippen molar-refractivity contribution in [3.05, 3.63) is 24.3 Å². The monoisotopic (exact) mass is 240 g/mol. The average molecular weight is 240 g/mol. The van der Waals surface area contributed by atoms with Crippen molar-refractivity contribution in [2.45, 2.75) is 25.7 Å². The average Bonchev–Trinajstić information content (AvgIpc) is 2.17. The van der Waals surface area contributed by atoms with E-state index in [1.54, 1.807) is 12.1 Å². The Kier molecular flexibility index (Phi) is 3.83. The van der Waals surface area contributed by atoms with Gasteiger partial charge in [0.2, 0.25) is 5.91 Å². The van der Waals surface area contributed by atoms with E-state index in [0.717, 1.165) is 0 Å². The Labute approximate surface area is 97.3 Å². The molecule has 0 aromatic heterocycles. The molecule has 0 saturated heterocycles. The van der Waals surface area contributed by atoms with Crippen molar-refractivity contribution in [1.82, 2.24) is 0 Å². The van der Waals surface area contributed by atoms with Crippen LogP contribution in [0.15, 0.2) is 29.2 Å². The Morgan fingerprint density at radius 3 is 2.12 bits per heavy atom. The normalized spacial score (nSPS) is 13.2. The van der Waals surface area contributed by atoms with Crippen molar-refractivity contribution in [2.75, 3.05) is 5.32 Å². The Hall–Kier alpha value is -1.20. The number of carbonyl (C=O) groups excluding carboxylic acids is 1. The predicted octanol–water partition coefficient (Wildman–Crippen LogP) is 1.91. The van der Waals surface area contributed by atoms with E-state index in [2.05, 4.69) is 5.32 Å². The second-order valence-electron chi connectivity index (χ2n) is 4.46. The van der Waals surface area contributed by atoms with E-state index in [1.165, 1.54) is 12.1 Å². The highest BCUT2D eigenvalue weighted by Gasteiger charge is 2.20. The van der Waals surface area contributed by atoms with E-state index in [4.69, 9.17) is 0 Å². The van der Waals surface area contributed by atoms with E-state index < -0.39 is 16.5 Å². The highest BCUT2D eigenvalue weighted by atomic mass is 32.2. The summed E-state index contributed by atoms with van der Waals surface area (Å²) in [6.45, 7) is 5.43. The summed E-state index contributed by atoms with van der Waals surface area (Å²) in [6.07, 6.45) is 0. The molecule has 0 heterocycles. The van der Waals surface area contributed by atoms with Gasteiger partial charge in [0.1, 0.15) is 0 Å². The first-order valence-electron chi connectivity index (χ1n) is 4.81. The van der Waals surface area contributed by atoms with Crippen LogP contribution in [0.5, 0.6) is 0 Å². The molecular weight excluding hydrogens is 226 g/mol. The standard InChI is InChI=1S/C11H15NO3S/c1-11(2,3)10(13)12-8-4-6-9(7-5-8)16(14)15/h4-7H,1-3H3,(H,12,13)(H,14,15)/p-1. The molecular formula is C11H14NO3S-. The molecule has 0 aliphatic carbocycles. The van der Waals surface area contributed by atoms with E-state index in [1.807, 2.05) is 20.8 Å². The lowest BCUT2D eigenvalue weighted by Gasteiger charge is -2.17. The zero-order chi connectivity index (χ0) is 12.3. The number of hydrogen-bond donors (Lipinski definition) is 1. The molecule has 0 fully saturated rings. The summed E-state index contributed by atoms with van der Waals surface area (Å²) in [5.41, 5.74) is 0.120. The SMILES string of the molecule is CC(C)(C)C(=O)Nc1ccc(S(=O)[O-])cc1. The zero-order valence-electron chi connectivity index (χ0n) is 9.44. The Bertz CT molecular complexity index is 406. The van der Waals surface area contributed by atoms with Gasteiger partial charge in [-0.3, -0.25) is 9.00 Å². The fourth-order valence-electron chi connectivity index (χ4n) is 0.968. The van der Waals surface area contributed by atoms with Crippen molar-refractivity contribution in [2.24, 2.45) is 5.41 Å². The predicted molar refractivity (Wildman–Crippen MR) is 61.7 cm³/mol. The van der Waals surface area contributed by atoms with Crippen LogP contribution in [0.1, 0.15) is 20.8 Å². The lowest BCUT2D eigenvalue weighted by Crippen LogP contribution is -2.27. The summed E-state index contributed by atoms with van der Waals surface area (Å²) in [7, 11) is 0. The van der Waals surface area contributed by atoms with Crippen LogP contribution in [0.4, 0.5) is 5.69 Å². The summed E-state index contributed by atoms with van der Waals surface area (Å²) in [6, 6.07) is 6.02. The van der Waals surface area contributed by atoms with Gasteiger partial charge >= 0.3 is 0 Å². The highest BCUT2D eigenvalue weighted by Crippen LogP contribution is 2.18. The van der Waals surface area contributed by atoms with Crippen molar-refractivity contribution in [3.63, 3.8) is 0 Å². The molecule has 0 aliphatic heterocycles. The largest absolute Gasteiger partial charge is 0.768 e. The van der Waals surface area contributed by atoms with Crippen LogP contribution in [0, 0.1) is 5.41 Å². The molecule has 0 bridgehead atoms. The molecule has 0 radical (unpaired) electrons. The number of rotatable bonds is 2. The van der Waals surface area contributed by atoms with Gasteiger partial charge in [0, 0.05) is 16.0 Å². The number of anilines is 1. The maximum absolute atomic E-state index is 11.6. The van der Waals surface area contributed by atoms with Crippen LogP contribution in [-0.4, -0.2) is 14.7 Å². The number of nitrogens with one attached hydrogen (secondary N) is 1. The molecule has 5 heteroatoms. The van der Waals surface area contributed by atoms with Gasteiger partial charge in [-0.05, 0) is 35.3 Å². The van der Waals surface area contributed by atoms with Gasteiger partial charge < -0.3 is 9.87 Å². The highest BCUT2D eigenvalue weighted by molar-refractivity contribution is 7.79. The lowest BCUT2D eigenvalue weighted by atomic mass is 9.95. The fourth-order valence-corrected chi connectivity index (χ4v) is 1.33. The molecule has 4 nitrogen and oxygen atoms in total. The van der Waals surface area contributed by atoms with Gasteiger partial charge in [-0.1, -0.05) is 20.8 Å². The van der Waals surface area contributed by atoms with Crippen molar-refractivity contribution >= 4 is 22.7 Å². The molecule has 1 atom stereocenters. The first-order chi connectivity index (χ1) is 7.30. The molecule has 1 N–H and O–H groups in total. The Morgan fingerprint density at radius 2 is 1.75 bits per heavy atom. The minimum atomic E-state index is -2.23. The van der Waals surface area contributed by atoms with Crippen molar-refractivity contribution in [1.29, 1.82) is 0 Å². The quantitative estimate of drug-likeness (QED) is 0.803. The van der Waals surface area contributed by atoms with Gasteiger partial charge in [0.15, 0.2) is 0 Å². The van der Waals surface area contributed by atoms with Gasteiger partial charge in [0.05, 0.1) is 0 Å². The maximum atomic E-state index is 11.6. The second kappa shape index (κ2) is 4.76. The van der Waals surface area contributed by atoms with E-state index >= 15 is 0 Å². The van der Waals surface area contributed by atoms with E-state index in [-0.39, 0.29) is 10.8 Å². The van der Waals surface area contributed by atoms with Crippen LogP contribution in [-0.2, 0) is 15.9 Å². The zero-order valence-corrected chi connectivity index (χ0v) is 10.3. The number of carbonyl (C=O) groups is 1. The molecule has 0 saturated carbocycles. The molecule has 0 spiro atoms. The topological polar surface area (TPSA) is 69.2 Å². The summed E-state index contributed by atoms with van der Waals surface area (Å²) in [5.74, 6) is -0.108. The number of hydrogen-bond acceptors (Lipinski definition) is 3. The summed E-state index contributed by atoms with van der Waals surface area (Å²) < 4.78 is 21.2. The molecule has 88 valence electrons. The van der Waals surface area contributed by atoms with Crippen LogP contribution in [0.3, 0.4) is 0 Å². The third-order valence-electron chi connectivity index (χ3n) is 1.99. The minimum Gasteiger partial charge on any atom is -0.768 e. The molecule has 1 aromatic rings. The maximum Gasteiger partial charge on any atom is 0.229 e. The van der Waals surface area contributed by atoms with Gasteiger partial charge in [-0.15, -0.1) is 0 Å². The molecule has 1 aromatic carbocycles. The second-order valence-corrected chi connectivity index (χ2v) is 5.40.